The van der Waals surface area contributed by atoms with Crippen LogP contribution < -0.4 is 11.1 Å². The molecule has 0 radical (unpaired) electrons. The average Bonchev–Trinajstić information content (AvgIpc) is 2.93. The van der Waals surface area contributed by atoms with Gasteiger partial charge < -0.3 is 20.4 Å². The highest BCUT2D eigenvalue weighted by molar-refractivity contribution is 5.86. The van der Waals surface area contributed by atoms with Gasteiger partial charge in [0.25, 0.3) is 6.01 Å². The molecule has 1 saturated heterocycles. The SMILES string of the molecule is CN1CCCC1CNc1nc2c(N)cccc2o1. The van der Waals surface area contributed by atoms with E-state index in [2.05, 4.69) is 22.2 Å². The molecule has 0 aliphatic carbocycles. The zero-order valence-electron chi connectivity index (χ0n) is 10.5. The zero-order chi connectivity index (χ0) is 12.5. The van der Waals surface area contributed by atoms with Crippen molar-refractivity contribution >= 4 is 22.8 Å². The van der Waals surface area contributed by atoms with Gasteiger partial charge in [0.05, 0.1) is 5.69 Å². The van der Waals surface area contributed by atoms with Gasteiger partial charge in [0.2, 0.25) is 0 Å². The lowest BCUT2D eigenvalue weighted by atomic mass is 10.2. The molecule has 2 aromatic rings. The Balaban J connectivity index is 1.73. The van der Waals surface area contributed by atoms with Crippen LogP contribution in [0.15, 0.2) is 22.6 Å². The Labute approximate surface area is 106 Å². The third kappa shape index (κ3) is 2.01. The molecule has 0 saturated carbocycles. The summed E-state index contributed by atoms with van der Waals surface area (Å²) in [5.41, 5.74) is 7.98. The molecule has 0 amide bonds. The van der Waals surface area contributed by atoms with Crippen LogP contribution in [0, 0.1) is 0 Å². The number of likely N-dealkylation sites (N-methyl/N-ethyl adjacent to an activating group) is 1. The fraction of sp³-hybridized carbons (Fsp3) is 0.462. The first-order valence-electron chi connectivity index (χ1n) is 6.33. The number of para-hydroxylation sites is 1. The van der Waals surface area contributed by atoms with Crippen molar-refractivity contribution in [3.63, 3.8) is 0 Å². The number of nitrogens with zero attached hydrogens (tertiary/aromatic N) is 2. The van der Waals surface area contributed by atoms with Crippen LogP contribution in [0.25, 0.3) is 11.1 Å². The molecular weight excluding hydrogens is 228 g/mol. The van der Waals surface area contributed by atoms with Crippen molar-refractivity contribution in [2.75, 3.05) is 31.2 Å². The summed E-state index contributed by atoms with van der Waals surface area (Å²) in [6.45, 7) is 2.04. The molecule has 18 heavy (non-hydrogen) atoms. The largest absolute Gasteiger partial charge is 0.423 e. The average molecular weight is 246 g/mol. The van der Waals surface area contributed by atoms with Crippen molar-refractivity contribution < 1.29 is 4.42 Å². The van der Waals surface area contributed by atoms with Gasteiger partial charge in [-0.1, -0.05) is 6.07 Å². The van der Waals surface area contributed by atoms with Crippen molar-refractivity contribution in [2.24, 2.45) is 0 Å². The first kappa shape index (κ1) is 11.3. The number of benzene rings is 1. The van der Waals surface area contributed by atoms with Gasteiger partial charge in [-0.2, -0.15) is 4.98 Å². The Morgan fingerprint density at radius 1 is 1.56 bits per heavy atom. The van der Waals surface area contributed by atoms with Crippen LogP contribution in [-0.2, 0) is 0 Å². The molecule has 0 spiro atoms. The van der Waals surface area contributed by atoms with Gasteiger partial charge in [-0.3, -0.25) is 0 Å². The Morgan fingerprint density at radius 3 is 3.17 bits per heavy atom. The molecule has 1 unspecified atom stereocenters. The molecule has 1 aliphatic rings. The van der Waals surface area contributed by atoms with Crippen LogP contribution >= 0.6 is 0 Å². The Bertz CT molecular complexity index is 551. The minimum absolute atomic E-state index is 0.559. The maximum Gasteiger partial charge on any atom is 0.295 e. The number of aromatic nitrogens is 1. The predicted octanol–water partition coefficient (Wildman–Crippen LogP) is 1.92. The van der Waals surface area contributed by atoms with E-state index >= 15 is 0 Å². The summed E-state index contributed by atoms with van der Waals surface area (Å²) in [6, 6.07) is 6.71. The van der Waals surface area contributed by atoms with Gasteiger partial charge in [0, 0.05) is 12.6 Å². The van der Waals surface area contributed by atoms with Crippen LogP contribution in [0.1, 0.15) is 12.8 Å². The van der Waals surface area contributed by atoms with Crippen LogP contribution in [-0.4, -0.2) is 36.1 Å². The van der Waals surface area contributed by atoms with E-state index in [0.29, 0.717) is 17.7 Å². The van der Waals surface area contributed by atoms with Crippen molar-refractivity contribution in [3.05, 3.63) is 18.2 Å². The van der Waals surface area contributed by atoms with Gasteiger partial charge in [-0.15, -0.1) is 0 Å². The molecule has 5 heteroatoms. The van der Waals surface area contributed by atoms with Crippen LogP contribution in [0.2, 0.25) is 0 Å². The summed E-state index contributed by atoms with van der Waals surface area (Å²) in [6.07, 6.45) is 2.50. The number of oxazole rings is 1. The molecule has 1 atom stereocenters. The highest BCUT2D eigenvalue weighted by Gasteiger charge is 2.21. The summed E-state index contributed by atoms with van der Waals surface area (Å²) < 4.78 is 5.62. The smallest absolute Gasteiger partial charge is 0.295 e. The third-order valence-electron chi connectivity index (χ3n) is 3.61. The molecule has 1 fully saturated rings. The summed E-state index contributed by atoms with van der Waals surface area (Å²) in [4.78, 5) is 6.74. The number of fused-ring (bicyclic) bond motifs is 1. The number of rotatable bonds is 3. The maximum absolute atomic E-state index is 5.85. The molecule has 3 N–H and O–H groups in total. The fourth-order valence-electron chi connectivity index (χ4n) is 2.49. The highest BCUT2D eigenvalue weighted by Crippen LogP contribution is 2.24. The molecule has 5 nitrogen and oxygen atoms in total. The molecule has 1 aromatic carbocycles. The second-order valence-electron chi connectivity index (χ2n) is 4.87. The van der Waals surface area contributed by atoms with Crippen molar-refractivity contribution in [1.29, 1.82) is 0 Å². The van der Waals surface area contributed by atoms with E-state index in [1.165, 1.54) is 19.4 Å². The Hall–Kier alpha value is -1.75. The summed E-state index contributed by atoms with van der Waals surface area (Å²) in [5.74, 6) is 0. The quantitative estimate of drug-likeness (QED) is 0.810. The third-order valence-corrected chi connectivity index (χ3v) is 3.61. The van der Waals surface area contributed by atoms with Gasteiger partial charge in [-0.25, -0.2) is 0 Å². The van der Waals surface area contributed by atoms with Gasteiger partial charge in [0.1, 0.15) is 5.52 Å². The molecule has 96 valence electrons. The monoisotopic (exact) mass is 246 g/mol. The molecule has 0 bridgehead atoms. The topological polar surface area (TPSA) is 67.3 Å². The van der Waals surface area contributed by atoms with Crippen LogP contribution in [0.4, 0.5) is 11.7 Å². The van der Waals surface area contributed by atoms with Crippen LogP contribution in [0.5, 0.6) is 0 Å². The fourth-order valence-corrected chi connectivity index (χ4v) is 2.49. The number of nitrogen functional groups attached to an aromatic ring is 1. The van der Waals surface area contributed by atoms with E-state index in [0.717, 1.165) is 17.6 Å². The van der Waals surface area contributed by atoms with Crippen molar-refractivity contribution in [3.8, 4) is 0 Å². The molecular formula is C13H18N4O. The summed E-state index contributed by atoms with van der Waals surface area (Å²) >= 11 is 0. The molecule has 3 rings (SSSR count). The zero-order valence-corrected chi connectivity index (χ0v) is 10.5. The number of hydrogen-bond acceptors (Lipinski definition) is 5. The minimum Gasteiger partial charge on any atom is -0.423 e. The number of likely N-dealkylation sites (tertiary alicyclic amines) is 1. The van der Waals surface area contributed by atoms with E-state index < -0.39 is 0 Å². The predicted molar refractivity (Wildman–Crippen MR) is 72.6 cm³/mol. The molecule has 1 aliphatic heterocycles. The number of nitrogens with one attached hydrogen (secondary N) is 1. The van der Waals surface area contributed by atoms with E-state index in [4.69, 9.17) is 10.2 Å². The summed E-state index contributed by atoms with van der Waals surface area (Å²) in [5, 5.41) is 3.26. The Morgan fingerprint density at radius 2 is 2.44 bits per heavy atom. The molecule has 1 aromatic heterocycles. The lowest BCUT2D eigenvalue weighted by Crippen LogP contribution is -2.31. The number of hydrogen-bond donors (Lipinski definition) is 2. The minimum atomic E-state index is 0.559. The van der Waals surface area contributed by atoms with E-state index in [-0.39, 0.29) is 0 Å². The lowest BCUT2D eigenvalue weighted by Gasteiger charge is -2.18. The lowest BCUT2D eigenvalue weighted by molar-refractivity contribution is 0.321. The van der Waals surface area contributed by atoms with Crippen LogP contribution in [0.3, 0.4) is 0 Å². The van der Waals surface area contributed by atoms with Gasteiger partial charge >= 0.3 is 0 Å². The number of nitrogens with two attached hydrogens (primary N) is 1. The maximum atomic E-state index is 5.85. The Kier molecular flexibility index (Phi) is 2.83. The van der Waals surface area contributed by atoms with Crippen molar-refractivity contribution in [2.45, 2.75) is 18.9 Å². The first-order valence-corrected chi connectivity index (χ1v) is 6.33. The highest BCUT2D eigenvalue weighted by atomic mass is 16.4. The number of anilines is 2. The van der Waals surface area contributed by atoms with E-state index in [1.807, 2.05) is 18.2 Å². The standard InChI is InChI=1S/C13H18N4O/c1-17-7-3-4-9(17)8-15-13-16-12-10(14)5-2-6-11(12)18-13/h2,5-6,9H,3-4,7-8,14H2,1H3,(H,15,16). The first-order chi connectivity index (χ1) is 8.74. The van der Waals surface area contributed by atoms with Crippen molar-refractivity contribution in [1.82, 2.24) is 9.88 Å². The molecule has 2 heterocycles. The van der Waals surface area contributed by atoms with Gasteiger partial charge in [-0.05, 0) is 38.6 Å². The van der Waals surface area contributed by atoms with Gasteiger partial charge in [0.15, 0.2) is 5.58 Å². The summed E-state index contributed by atoms with van der Waals surface area (Å²) in [7, 11) is 2.16. The van der Waals surface area contributed by atoms with E-state index in [9.17, 15) is 0 Å². The second kappa shape index (κ2) is 4.49. The normalized spacial score (nSPS) is 20.6. The van der Waals surface area contributed by atoms with E-state index in [1.54, 1.807) is 0 Å². The second-order valence-corrected chi connectivity index (χ2v) is 4.87.